The molecule has 2 aromatic rings. The largest absolute Gasteiger partial charge is 0.494 e. The summed E-state index contributed by atoms with van der Waals surface area (Å²) in [6.45, 7) is 4.59. The van der Waals surface area contributed by atoms with Gasteiger partial charge in [-0.3, -0.25) is 9.59 Å². The van der Waals surface area contributed by atoms with Gasteiger partial charge in [0, 0.05) is 29.8 Å². The molecular weight excluding hydrogens is 298 g/mol. The van der Waals surface area contributed by atoms with Crippen molar-refractivity contribution < 1.29 is 23.8 Å². The molecule has 0 saturated carbocycles. The lowest BCUT2D eigenvalue weighted by Crippen LogP contribution is -2.22. The fraction of sp³-hybridized carbons (Fsp3) is 0.412. The quantitative estimate of drug-likeness (QED) is 0.552. The van der Waals surface area contributed by atoms with Gasteiger partial charge >= 0.3 is 5.97 Å². The molecule has 23 heavy (non-hydrogen) atoms. The molecule has 0 saturated heterocycles. The summed E-state index contributed by atoms with van der Waals surface area (Å²) in [4.78, 5) is 23.3. The fourth-order valence-corrected chi connectivity index (χ4v) is 2.45. The van der Waals surface area contributed by atoms with Gasteiger partial charge in [-0.2, -0.15) is 0 Å². The van der Waals surface area contributed by atoms with Crippen molar-refractivity contribution in [1.82, 2.24) is 4.57 Å². The van der Waals surface area contributed by atoms with Gasteiger partial charge in [0.2, 0.25) is 0 Å². The standard InChI is InChI=1S/C17H21NO5/c1-4-22-14-5-6-16-15(7-14)13(10-19)8-18(16)9-17(20)23-12(2)11-21-3/h5-8,10,12H,4,9,11H2,1-3H3. The molecule has 0 amide bonds. The van der Waals surface area contributed by atoms with E-state index >= 15 is 0 Å². The molecule has 0 aliphatic heterocycles. The topological polar surface area (TPSA) is 66.8 Å². The van der Waals surface area contributed by atoms with Crippen molar-refractivity contribution in [2.45, 2.75) is 26.5 Å². The van der Waals surface area contributed by atoms with Crippen molar-refractivity contribution in [2.75, 3.05) is 20.3 Å². The minimum atomic E-state index is -0.377. The molecule has 1 heterocycles. The van der Waals surface area contributed by atoms with Crippen molar-refractivity contribution >= 4 is 23.2 Å². The summed E-state index contributed by atoms with van der Waals surface area (Å²) >= 11 is 0. The van der Waals surface area contributed by atoms with Crippen LogP contribution in [0, 0.1) is 0 Å². The first-order chi connectivity index (χ1) is 11.1. The highest BCUT2D eigenvalue weighted by atomic mass is 16.6. The molecule has 6 nitrogen and oxygen atoms in total. The summed E-state index contributed by atoms with van der Waals surface area (Å²) in [6, 6.07) is 5.45. The zero-order chi connectivity index (χ0) is 16.8. The number of methoxy groups -OCH3 is 1. The fourth-order valence-electron chi connectivity index (χ4n) is 2.45. The van der Waals surface area contributed by atoms with Gasteiger partial charge in [0.05, 0.1) is 13.2 Å². The summed E-state index contributed by atoms with van der Waals surface area (Å²) in [5.41, 5.74) is 1.30. The Kier molecular flexibility index (Phi) is 5.76. The first-order valence-corrected chi connectivity index (χ1v) is 7.48. The second kappa shape index (κ2) is 7.78. The van der Waals surface area contributed by atoms with Crippen LogP contribution in [0.3, 0.4) is 0 Å². The van der Waals surface area contributed by atoms with Gasteiger partial charge in [-0.1, -0.05) is 0 Å². The maximum absolute atomic E-state index is 12.0. The van der Waals surface area contributed by atoms with Crippen molar-refractivity contribution in [3.05, 3.63) is 30.0 Å². The van der Waals surface area contributed by atoms with E-state index < -0.39 is 0 Å². The average Bonchev–Trinajstić information content (AvgIpc) is 2.85. The van der Waals surface area contributed by atoms with Crippen molar-refractivity contribution in [3.8, 4) is 5.75 Å². The third-order valence-corrected chi connectivity index (χ3v) is 3.35. The highest BCUT2D eigenvalue weighted by molar-refractivity contribution is 5.98. The second-order valence-corrected chi connectivity index (χ2v) is 5.20. The minimum Gasteiger partial charge on any atom is -0.494 e. The summed E-state index contributed by atoms with van der Waals surface area (Å²) < 4.78 is 17.3. The zero-order valence-electron chi connectivity index (χ0n) is 13.6. The second-order valence-electron chi connectivity index (χ2n) is 5.20. The van der Waals surface area contributed by atoms with Crippen LogP contribution in [0.4, 0.5) is 0 Å². The third-order valence-electron chi connectivity index (χ3n) is 3.35. The molecule has 1 aromatic carbocycles. The lowest BCUT2D eigenvalue weighted by atomic mass is 10.2. The number of rotatable bonds is 8. The van der Waals surface area contributed by atoms with Gasteiger partial charge in [-0.25, -0.2) is 0 Å². The van der Waals surface area contributed by atoms with Crippen molar-refractivity contribution in [2.24, 2.45) is 0 Å². The molecule has 0 spiro atoms. The number of aldehydes is 1. The number of fused-ring (bicyclic) bond motifs is 1. The molecule has 0 N–H and O–H groups in total. The van der Waals surface area contributed by atoms with Gasteiger partial charge in [-0.15, -0.1) is 0 Å². The number of nitrogens with zero attached hydrogens (tertiary/aromatic N) is 1. The normalized spacial score (nSPS) is 12.1. The summed E-state index contributed by atoms with van der Waals surface area (Å²) in [5, 5.41) is 0.753. The number of ether oxygens (including phenoxy) is 3. The Morgan fingerprint density at radius 2 is 2.17 bits per heavy atom. The molecular formula is C17H21NO5. The van der Waals surface area contributed by atoms with Gasteiger partial charge in [0.1, 0.15) is 18.4 Å². The molecule has 0 bridgehead atoms. The molecule has 0 radical (unpaired) electrons. The van der Waals surface area contributed by atoms with Crippen LogP contribution in [-0.2, 0) is 20.8 Å². The predicted octanol–water partition coefficient (Wildman–Crippen LogP) is 2.43. The van der Waals surface area contributed by atoms with E-state index in [1.54, 1.807) is 30.9 Å². The predicted molar refractivity (Wildman–Crippen MR) is 85.9 cm³/mol. The Labute approximate surface area is 134 Å². The monoisotopic (exact) mass is 319 g/mol. The Bertz CT molecular complexity index is 692. The van der Waals surface area contributed by atoms with Crippen LogP contribution < -0.4 is 4.74 Å². The van der Waals surface area contributed by atoms with E-state index in [-0.39, 0.29) is 18.6 Å². The lowest BCUT2D eigenvalue weighted by molar-refractivity contribution is -0.151. The van der Waals surface area contributed by atoms with E-state index in [0.717, 1.165) is 17.2 Å². The van der Waals surface area contributed by atoms with Crippen molar-refractivity contribution in [1.29, 1.82) is 0 Å². The Balaban J connectivity index is 2.23. The smallest absolute Gasteiger partial charge is 0.326 e. The summed E-state index contributed by atoms with van der Waals surface area (Å²) in [7, 11) is 1.55. The molecule has 6 heteroatoms. The Morgan fingerprint density at radius 1 is 1.39 bits per heavy atom. The summed E-state index contributed by atoms with van der Waals surface area (Å²) in [5.74, 6) is 0.315. The van der Waals surface area contributed by atoms with E-state index in [0.29, 0.717) is 24.5 Å². The molecule has 0 fully saturated rings. The molecule has 1 unspecified atom stereocenters. The average molecular weight is 319 g/mol. The maximum Gasteiger partial charge on any atom is 0.326 e. The zero-order valence-corrected chi connectivity index (χ0v) is 13.6. The first-order valence-electron chi connectivity index (χ1n) is 7.48. The third kappa shape index (κ3) is 4.10. The van der Waals surface area contributed by atoms with Gasteiger partial charge in [0.15, 0.2) is 6.29 Å². The number of carbonyl (C=O) groups is 2. The minimum absolute atomic E-state index is 0.0341. The number of hydrogen-bond acceptors (Lipinski definition) is 5. The number of aromatic nitrogens is 1. The highest BCUT2D eigenvalue weighted by Gasteiger charge is 2.14. The van der Waals surface area contributed by atoms with Gasteiger partial charge in [-0.05, 0) is 32.0 Å². The SMILES string of the molecule is CCOc1ccc2c(c1)c(C=O)cn2CC(=O)OC(C)COC. The van der Waals surface area contributed by atoms with E-state index in [4.69, 9.17) is 14.2 Å². The van der Waals surface area contributed by atoms with Crippen LogP contribution in [0.25, 0.3) is 10.9 Å². The van der Waals surface area contributed by atoms with E-state index in [2.05, 4.69) is 0 Å². The number of benzene rings is 1. The molecule has 0 aliphatic rings. The van der Waals surface area contributed by atoms with E-state index in [9.17, 15) is 9.59 Å². The molecule has 0 aliphatic carbocycles. The highest BCUT2D eigenvalue weighted by Crippen LogP contribution is 2.25. The van der Waals surface area contributed by atoms with Gasteiger partial charge in [0.25, 0.3) is 0 Å². The van der Waals surface area contributed by atoms with Crippen LogP contribution in [0.1, 0.15) is 24.2 Å². The molecule has 2 rings (SSSR count). The number of hydrogen-bond donors (Lipinski definition) is 0. The van der Waals surface area contributed by atoms with Crippen LogP contribution >= 0.6 is 0 Å². The van der Waals surface area contributed by atoms with E-state index in [1.807, 2.05) is 19.1 Å². The Hall–Kier alpha value is -2.34. The van der Waals surface area contributed by atoms with Gasteiger partial charge < -0.3 is 18.8 Å². The lowest BCUT2D eigenvalue weighted by Gasteiger charge is -2.13. The van der Waals surface area contributed by atoms with Crippen LogP contribution in [0.15, 0.2) is 24.4 Å². The number of carbonyl (C=O) groups excluding carboxylic acids is 2. The molecule has 124 valence electrons. The van der Waals surface area contributed by atoms with Crippen LogP contribution in [0.2, 0.25) is 0 Å². The summed E-state index contributed by atoms with van der Waals surface area (Å²) in [6.07, 6.45) is 2.10. The molecule has 1 atom stereocenters. The molecule has 1 aromatic heterocycles. The Morgan fingerprint density at radius 3 is 2.83 bits per heavy atom. The van der Waals surface area contributed by atoms with Crippen LogP contribution in [-0.4, -0.2) is 43.3 Å². The van der Waals surface area contributed by atoms with Crippen molar-refractivity contribution in [3.63, 3.8) is 0 Å². The first kappa shape index (κ1) is 17.0. The van der Waals surface area contributed by atoms with Crippen LogP contribution in [0.5, 0.6) is 5.75 Å². The maximum atomic E-state index is 12.0. The van der Waals surface area contributed by atoms with E-state index in [1.165, 1.54) is 0 Å². The number of esters is 1.